The Hall–Kier alpha value is -3.03. The fourth-order valence-corrected chi connectivity index (χ4v) is 7.40. The van der Waals surface area contributed by atoms with E-state index in [2.05, 4.69) is 33.7 Å². The van der Waals surface area contributed by atoms with Crippen LogP contribution in [0.15, 0.2) is 42.6 Å². The first-order valence-electron chi connectivity index (χ1n) is 14.1. The molecular formula is C31H33ClFN5O. The van der Waals surface area contributed by atoms with Crippen LogP contribution in [0, 0.1) is 23.6 Å². The van der Waals surface area contributed by atoms with E-state index in [1.165, 1.54) is 19.3 Å². The van der Waals surface area contributed by atoms with Crippen LogP contribution in [0.3, 0.4) is 0 Å². The summed E-state index contributed by atoms with van der Waals surface area (Å²) in [5, 5.41) is 2.91. The number of likely N-dealkylation sites (tertiary alicyclic amines) is 1. The Morgan fingerprint density at radius 1 is 1.03 bits per heavy atom. The van der Waals surface area contributed by atoms with Crippen molar-refractivity contribution in [2.24, 2.45) is 17.8 Å². The minimum absolute atomic E-state index is 0.232. The van der Waals surface area contributed by atoms with Gasteiger partial charge in [0.2, 0.25) is 0 Å². The van der Waals surface area contributed by atoms with Gasteiger partial charge in [0.05, 0.1) is 5.39 Å². The molecule has 1 saturated carbocycles. The number of anilines is 1. The number of hydrogen-bond acceptors (Lipinski definition) is 6. The molecule has 8 heteroatoms. The molecule has 39 heavy (non-hydrogen) atoms. The maximum Gasteiger partial charge on any atom is 0.319 e. The fraction of sp³-hybridized carbons (Fsp3) is 0.452. The molecule has 0 spiro atoms. The molecule has 4 atom stereocenters. The number of piperidine rings is 1. The zero-order valence-electron chi connectivity index (χ0n) is 22.4. The fourth-order valence-electron chi connectivity index (χ4n) is 7.11. The third kappa shape index (κ3) is 4.49. The largest absolute Gasteiger partial charge is 0.462 e. The lowest BCUT2D eigenvalue weighted by molar-refractivity contribution is 0.188. The Balaban J connectivity index is 1.34. The molecule has 1 aliphatic carbocycles. The highest BCUT2D eigenvalue weighted by atomic mass is 35.5. The van der Waals surface area contributed by atoms with Crippen LogP contribution in [0.5, 0.6) is 6.01 Å². The van der Waals surface area contributed by atoms with E-state index in [0.29, 0.717) is 46.4 Å². The average molecular weight is 546 g/mol. The summed E-state index contributed by atoms with van der Waals surface area (Å²) >= 11 is 6.59. The monoisotopic (exact) mass is 545 g/mol. The van der Waals surface area contributed by atoms with Crippen molar-refractivity contribution < 1.29 is 9.13 Å². The van der Waals surface area contributed by atoms with Crippen LogP contribution in [0.1, 0.15) is 32.6 Å². The predicted molar refractivity (Wildman–Crippen MR) is 154 cm³/mol. The molecule has 2 aromatic heterocycles. The van der Waals surface area contributed by atoms with E-state index in [9.17, 15) is 0 Å². The highest BCUT2D eigenvalue weighted by Gasteiger charge is 2.35. The Bertz CT molecular complexity index is 1550. The number of nitrogens with zero attached hydrogens (tertiary/aromatic N) is 5. The first-order valence-corrected chi connectivity index (χ1v) is 14.4. The summed E-state index contributed by atoms with van der Waals surface area (Å²) in [6.45, 7) is 5.64. The Labute approximate surface area is 233 Å². The molecule has 3 fully saturated rings. The normalized spacial score (nSPS) is 25.2. The molecule has 0 radical (unpaired) electrons. The second kappa shape index (κ2) is 9.86. The molecule has 6 nitrogen and oxygen atoms in total. The summed E-state index contributed by atoms with van der Waals surface area (Å²) in [7, 11) is 2.13. The van der Waals surface area contributed by atoms with Crippen LogP contribution < -0.4 is 9.64 Å². The molecule has 7 rings (SSSR count). The third-order valence-corrected chi connectivity index (χ3v) is 9.28. The maximum absolute atomic E-state index is 16.5. The number of pyridine rings is 1. The molecule has 0 N–H and O–H groups in total. The first kappa shape index (κ1) is 25.0. The molecule has 2 bridgehead atoms. The summed E-state index contributed by atoms with van der Waals surface area (Å²) < 4.78 is 22.7. The Kier molecular flexibility index (Phi) is 6.31. The lowest BCUT2D eigenvalue weighted by atomic mass is 9.98. The van der Waals surface area contributed by atoms with Gasteiger partial charge >= 0.3 is 6.01 Å². The van der Waals surface area contributed by atoms with Crippen molar-refractivity contribution in [1.29, 1.82) is 0 Å². The van der Waals surface area contributed by atoms with Gasteiger partial charge < -0.3 is 9.64 Å². The molecule has 2 aliphatic heterocycles. The second-order valence-corrected chi connectivity index (χ2v) is 12.3. The lowest BCUT2D eigenvalue weighted by Crippen LogP contribution is -2.37. The summed E-state index contributed by atoms with van der Waals surface area (Å²) in [5.74, 6) is 2.19. The van der Waals surface area contributed by atoms with Crippen LogP contribution in [0.25, 0.3) is 32.9 Å². The number of likely N-dealkylation sites (N-methyl/N-ethyl adjacent to an activating group) is 1. The topological polar surface area (TPSA) is 54.4 Å². The molecule has 0 amide bonds. The number of fused-ring (bicyclic) bond motifs is 4. The summed E-state index contributed by atoms with van der Waals surface area (Å²) in [6.07, 6.45) is 6.56. The van der Waals surface area contributed by atoms with Crippen molar-refractivity contribution >= 4 is 39.1 Å². The molecule has 3 aliphatic rings. The van der Waals surface area contributed by atoms with E-state index in [0.717, 1.165) is 42.6 Å². The van der Waals surface area contributed by atoms with Gasteiger partial charge in [0, 0.05) is 47.8 Å². The smallest absolute Gasteiger partial charge is 0.319 e. The first-order chi connectivity index (χ1) is 18.9. The summed E-state index contributed by atoms with van der Waals surface area (Å²) in [6, 6.07) is 12.0. The molecular weight excluding hydrogens is 513 g/mol. The number of benzene rings is 2. The van der Waals surface area contributed by atoms with Gasteiger partial charge in [-0.2, -0.15) is 9.97 Å². The van der Waals surface area contributed by atoms with Crippen LogP contribution >= 0.6 is 11.6 Å². The van der Waals surface area contributed by atoms with Crippen LogP contribution in [0.4, 0.5) is 10.2 Å². The molecule has 2 saturated heterocycles. The van der Waals surface area contributed by atoms with Gasteiger partial charge in [0.1, 0.15) is 23.6 Å². The SMILES string of the molecule is C[C@H]1C[C@@H](COc2nc(N3CC4CCC(C4)C3)c3cnc(-c4cccc5cccc(Cl)c45)c(F)c3n2)N(C)C1. The molecule has 2 aromatic carbocycles. The average Bonchev–Trinajstić information content (AvgIpc) is 3.45. The highest BCUT2D eigenvalue weighted by Crippen LogP contribution is 2.41. The van der Waals surface area contributed by atoms with Gasteiger partial charge in [-0.1, -0.05) is 48.9 Å². The number of ether oxygens (including phenoxy) is 1. The third-order valence-electron chi connectivity index (χ3n) is 8.96. The van der Waals surface area contributed by atoms with E-state index in [1.807, 2.05) is 36.4 Å². The van der Waals surface area contributed by atoms with Gasteiger partial charge in [-0.15, -0.1) is 0 Å². The molecule has 4 aromatic rings. The summed E-state index contributed by atoms with van der Waals surface area (Å²) in [5.41, 5.74) is 1.13. The van der Waals surface area contributed by atoms with Crippen molar-refractivity contribution in [2.75, 3.05) is 38.2 Å². The lowest BCUT2D eigenvalue weighted by Gasteiger charge is -2.33. The zero-order valence-corrected chi connectivity index (χ0v) is 23.2. The van der Waals surface area contributed by atoms with E-state index in [1.54, 1.807) is 6.20 Å². The predicted octanol–water partition coefficient (Wildman–Crippen LogP) is 6.59. The quantitative estimate of drug-likeness (QED) is 0.282. The minimum atomic E-state index is -0.472. The van der Waals surface area contributed by atoms with Gasteiger partial charge in [-0.25, -0.2) is 4.39 Å². The van der Waals surface area contributed by atoms with Crippen molar-refractivity contribution in [3.8, 4) is 17.3 Å². The van der Waals surface area contributed by atoms with Crippen molar-refractivity contribution in [3.63, 3.8) is 0 Å². The van der Waals surface area contributed by atoms with Gasteiger partial charge in [0.15, 0.2) is 5.82 Å². The van der Waals surface area contributed by atoms with E-state index >= 15 is 4.39 Å². The minimum Gasteiger partial charge on any atom is -0.462 e. The van der Waals surface area contributed by atoms with Crippen molar-refractivity contribution in [1.82, 2.24) is 19.9 Å². The number of aromatic nitrogens is 3. The maximum atomic E-state index is 16.5. The van der Waals surface area contributed by atoms with Crippen molar-refractivity contribution in [3.05, 3.63) is 53.4 Å². The standard InChI is InChI=1S/C31H33ClFN5O/c1-18-11-22(37(2)14-18)17-39-31-35-29-24(30(36-31)38-15-19-9-10-20(12-19)16-38)13-34-28(27(29)33)23-7-3-5-21-6-4-8-25(32)26(21)23/h3-8,13,18-20,22H,9-12,14-17H2,1-2H3/t18-,19?,20?,22-/m0/s1. The van der Waals surface area contributed by atoms with Crippen LogP contribution in [-0.4, -0.2) is 59.2 Å². The Morgan fingerprint density at radius 2 is 1.79 bits per heavy atom. The van der Waals surface area contributed by atoms with E-state index in [-0.39, 0.29) is 17.2 Å². The molecule has 202 valence electrons. The molecule has 4 heterocycles. The van der Waals surface area contributed by atoms with Gasteiger partial charge in [-0.05, 0) is 61.9 Å². The van der Waals surface area contributed by atoms with E-state index < -0.39 is 5.82 Å². The van der Waals surface area contributed by atoms with Crippen molar-refractivity contribution in [2.45, 2.75) is 38.6 Å². The summed E-state index contributed by atoms with van der Waals surface area (Å²) in [4.78, 5) is 18.8. The zero-order chi connectivity index (χ0) is 26.7. The van der Waals surface area contributed by atoms with Crippen LogP contribution in [-0.2, 0) is 0 Å². The van der Waals surface area contributed by atoms with Gasteiger partial charge in [-0.3, -0.25) is 9.88 Å². The second-order valence-electron chi connectivity index (χ2n) is 11.9. The number of halogens is 2. The number of hydrogen-bond donors (Lipinski definition) is 0. The number of rotatable bonds is 5. The molecule has 2 unspecified atom stereocenters. The Morgan fingerprint density at radius 3 is 2.54 bits per heavy atom. The highest BCUT2D eigenvalue weighted by molar-refractivity contribution is 6.36. The van der Waals surface area contributed by atoms with Crippen LogP contribution in [0.2, 0.25) is 5.02 Å². The van der Waals surface area contributed by atoms with Gasteiger partial charge in [0.25, 0.3) is 0 Å². The van der Waals surface area contributed by atoms with E-state index in [4.69, 9.17) is 21.3 Å².